The molecule has 0 spiro atoms. The summed E-state index contributed by atoms with van der Waals surface area (Å²) < 4.78 is 7.56. The van der Waals surface area contributed by atoms with Crippen LogP contribution in [0.1, 0.15) is 63.6 Å². The lowest BCUT2D eigenvalue weighted by Gasteiger charge is -2.22. The Morgan fingerprint density at radius 3 is 1.76 bits per heavy atom. The molecule has 3 nitrogen and oxygen atoms in total. The van der Waals surface area contributed by atoms with Crippen LogP contribution >= 0.6 is 0 Å². The first-order valence-corrected chi connectivity index (χ1v) is 16.7. The van der Waals surface area contributed by atoms with Crippen LogP contribution in [0.3, 0.4) is 0 Å². The summed E-state index contributed by atoms with van der Waals surface area (Å²) in [6, 6.07) is 34.2. The molecule has 0 atom stereocenters. The second-order valence-corrected chi connectivity index (χ2v) is 14.1. The Hall–Kier alpha value is -4.50. The van der Waals surface area contributed by atoms with Crippen LogP contribution in [0.5, 0.6) is 0 Å². The quantitative estimate of drug-likeness (QED) is 0.171. The maximum Gasteiger partial charge on any atom is 0.0534 e. The minimum atomic E-state index is -0.0251. The SMILES string of the molecule is CCCCCc1cc2c(c3c4ccccc4n(C)c13)c1c3c4ccccc4n(C)c3c(C(C)(C)C)cc1n2Cc1ccccc1. The van der Waals surface area contributed by atoms with Crippen molar-refractivity contribution < 1.29 is 0 Å². The van der Waals surface area contributed by atoms with Gasteiger partial charge in [0, 0.05) is 64.0 Å². The van der Waals surface area contributed by atoms with Gasteiger partial charge in [-0.3, -0.25) is 0 Å². The van der Waals surface area contributed by atoms with Crippen LogP contribution in [0.25, 0.3) is 65.4 Å². The van der Waals surface area contributed by atoms with E-state index in [2.05, 4.69) is 146 Å². The molecule has 8 aromatic rings. The highest BCUT2D eigenvalue weighted by atomic mass is 15.0. The van der Waals surface area contributed by atoms with E-state index in [9.17, 15) is 0 Å². The molecule has 0 saturated heterocycles. The van der Waals surface area contributed by atoms with Gasteiger partial charge in [0.1, 0.15) is 0 Å². The lowest BCUT2D eigenvalue weighted by molar-refractivity contribution is 0.593. The molecule has 0 aliphatic heterocycles. The fraction of sp³-hybridized carbons (Fsp3) is 0.286. The number of benzene rings is 5. The van der Waals surface area contributed by atoms with E-state index >= 15 is 0 Å². The van der Waals surface area contributed by atoms with E-state index in [0.717, 1.165) is 13.0 Å². The molecule has 3 heteroatoms. The van der Waals surface area contributed by atoms with Crippen molar-refractivity contribution >= 4 is 65.4 Å². The number of fused-ring (bicyclic) bond motifs is 11. The molecule has 0 fully saturated rings. The molecule has 8 rings (SSSR count). The molecule has 45 heavy (non-hydrogen) atoms. The number of nitrogens with zero attached hydrogens (tertiary/aromatic N) is 3. The number of hydrogen-bond acceptors (Lipinski definition) is 0. The molecule has 0 bridgehead atoms. The van der Waals surface area contributed by atoms with Gasteiger partial charge < -0.3 is 13.7 Å². The summed E-state index contributed by atoms with van der Waals surface area (Å²) in [5, 5.41) is 8.28. The molecule has 0 N–H and O–H groups in total. The van der Waals surface area contributed by atoms with Gasteiger partial charge in [0.05, 0.1) is 22.1 Å². The fourth-order valence-corrected chi connectivity index (χ4v) is 8.15. The number of rotatable bonds is 6. The van der Waals surface area contributed by atoms with E-state index in [1.54, 1.807) is 0 Å². The summed E-state index contributed by atoms with van der Waals surface area (Å²) in [6.07, 6.45) is 4.78. The minimum absolute atomic E-state index is 0.0251. The molecule has 3 aromatic heterocycles. The van der Waals surface area contributed by atoms with Gasteiger partial charge in [0.15, 0.2) is 0 Å². The Bertz CT molecular complexity index is 2400. The number of aromatic nitrogens is 3. The van der Waals surface area contributed by atoms with Crippen LogP contribution in [-0.4, -0.2) is 13.7 Å². The van der Waals surface area contributed by atoms with Gasteiger partial charge in [-0.05, 0) is 59.2 Å². The molecular formula is C42H43N3. The fourth-order valence-electron chi connectivity index (χ4n) is 8.15. The number of unbranched alkanes of at least 4 members (excludes halogenated alkanes) is 2. The van der Waals surface area contributed by atoms with Crippen LogP contribution in [0.4, 0.5) is 0 Å². The average molecular weight is 590 g/mol. The van der Waals surface area contributed by atoms with Crippen molar-refractivity contribution in [3.05, 3.63) is 108 Å². The topological polar surface area (TPSA) is 14.8 Å². The first kappa shape index (κ1) is 28.0. The zero-order valence-electron chi connectivity index (χ0n) is 27.5. The highest BCUT2D eigenvalue weighted by Gasteiger charge is 2.28. The number of aryl methyl sites for hydroxylation is 3. The highest BCUT2D eigenvalue weighted by Crippen LogP contribution is 2.48. The van der Waals surface area contributed by atoms with Gasteiger partial charge in [-0.2, -0.15) is 0 Å². The molecule has 0 amide bonds. The molecule has 0 radical (unpaired) electrons. The molecule has 3 heterocycles. The predicted octanol–water partition coefficient (Wildman–Crippen LogP) is 11.2. The smallest absolute Gasteiger partial charge is 0.0534 e. The largest absolute Gasteiger partial charge is 0.343 e. The van der Waals surface area contributed by atoms with Crippen LogP contribution in [0.2, 0.25) is 0 Å². The summed E-state index contributed by atoms with van der Waals surface area (Å²) in [5.41, 5.74) is 12.2. The maximum absolute atomic E-state index is 2.64. The predicted molar refractivity (Wildman–Crippen MR) is 195 cm³/mol. The van der Waals surface area contributed by atoms with E-state index in [-0.39, 0.29) is 5.41 Å². The Labute approximate surface area is 265 Å². The number of para-hydroxylation sites is 2. The standard InChI is InChI=1S/C42H43N3/c1-7-8-10-19-28-24-34-38(36-29-20-13-15-22-32(29)43(5)40(28)36)39-35(45(34)26-27-17-11-9-12-18-27)25-31(42(2,3)4)41-37(39)30-21-14-16-23-33(30)44(41)6/h9,11-18,20-25H,7-8,10,19,26H2,1-6H3. The van der Waals surface area contributed by atoms with E-state index in [1.807, 2.05) is 0 Å². The Morgan fingerprint density at radius 2 is 1.13 bits per heavy atom. The van der Waals surface area contributed by atoms with E-state index in [4.69, 9.17) is 0 Å². The molecule has 0 aliphatic carbocycles. The van der Waals surface area contributed by atoms with Gasteiger partial charge >= 0.3 is 0 Å². The summed E-state index contributed by atoms with van der Waals surface area (Å²) >= 11 is 0. The second kappa shape index (κ2) is 10.3. The Balaban J connectivity index is 1.67. The molecule has 226 valence electrons. The second-order valence-electron chi connectivity index (χ2n) is 14.1. The van der Waals surface area contributed by atoms with Gasteiger partial charge in [0.25, 0.3) is 0 Å². The van der Waals surface area contributed by atoms with Gasteiger partial charge in [-0.15, -0.1) is 0 Å². The van der Waals surface area contributed by atoms with Crippen LogP contribution < -0.4 is 0 Å². The monoisotopic (exact) mass is 589 g/mol. The van der Waals surface area contributed by atoms with Crippen molar-refractivity contribution in [1.29, 1.82) is 0 Å². The van der Waals surface area contributed by atoms with E-state index in [1.165, 1.54) is 101 Å². The van der Waals surface area contributed by atoms with Gasteiger partial charge in [0.2, 0.25) is 0 Å². The van der Waals surface area contributed by atoms with Crippen molar-refractivity contribution in [3.8, 4) is 0 Å². The van der Waals surface area contributed by atoms with Gasteiger partial charge in [-0.1, -0.05) is 107 Å². The van der Waals surface area contributed by atoms with Crippen LogP contribution in [0, 0.1) is 0 Å². The molecular weight excluding hydrogens is 546 g/mol. The lowest BCUT2D eigenvalue weighted by Crippen LogP contribution is -2.13. The third kappa shape index (κ3) is 4.09. The summed E-state index contributed by atoms with van der Waals surface area (Å²) in [7, 11) is 4.53. The molecule has 0 saturated carbocycles. The van der Waals surface area contributed by atoms with E-state index in [0.29, 0.717) is 0 Å². The normalized spacial score (nSPS) is 12.7. The van der Waals surface area contributed by atoms with Crippen molar-refractivity contribution in [2.75, 3.05) is 0 Å². The van der Waals surface area contributed by atoms with Crippen molar-refractivity contribution in [1.82, 2.24) is 13.7 Å². The first-order chi connectivity index (χ1) is 21.8. The first-order valence-electron chi connectivity index (χ1n) is 16.7. The molecule has 0 aliphatic rings. The van der Waals surface area contributed by atoms with Crippen molar-refractivity contribution in [2.24, 2.45) is 14.1 Å². The average Bonchev–Trinajstić information content (AvgIpc) is 3.63. The van der Waals surface area contributed by atoms with Crippen molar-refractivity contribution in [3.63, 3.8) is 0 Å². The lowest BCUT2D eigenvalue weighted by atomic mass is 9.84. The number of hydrogen-bond donors (Lipinski definition) is 0. The molecule has 5 aromatic carbocycles. The third-order valence-corrected chi connectivity index (χ3v) is 10.3. The maximum atomic E-state index is 2.64. The summed E-state index contributed by atoms with van der Waals surface area (Å²) in [5.74, 6) is 0. The van der Waals surface area contributed by atoms with E-state index < -0.39 is 0 Å². The summed E-state index contributed by atoms with van der Waals surface area (Å²) in [4.78, 5) is 0. The van der Waals surface area contributed by atoms with Crippen LogP contribution in [0.15, 0.2) is 91.0 Å². The molecule has 0 unspecified atom stereocenters. The van der Waals surface area contributed by atoms with Crippen LogP contribution in [-0.2, 0) is 32.5 Å². The zero-order valence-corrected chi connectivity index (χ0v) is 27.5. The zero-order chi connectivity index (χ0) is 31.0. The summed E-state index contributed by atoms with van der Waals surface area (Å²) in [6.45, 7) is 10.2. The minimum Gasteiger partial charge on any atom is -0.343 e. The highest BCUT2D eigenvalue weighted by molar-refractivity contribution is 6.36. The Morgan fingerprint density at radius 1 is 0.578 bits per heavy atom. The Kier molecular flexibility index (Phi) is 6.39. The van der Waals surface area contributed by atoms with Gasteiger partial charge in [-0.25, -0.2) is 0 Å². The third-order valence-electron chi connectivity index (χ3n) is 10.3. The van der Waals surface area contributed by atoms with Crippen molar-refractivity contribution in [2.45, 2.75) is 65.3 Å².